The highest BCUT2D eigenvalue weighted by molar-refractivity contribution is 6.30. The molecular weight excluding hydrogens is 266 g/mol. The first-order valence-corrected chi connectivity index (χ1v) is 6.48. The lowest BCUT2D eigenvalue weighted by molar-refractivity contribution is -0.117. The van der Waals surface area contributed by atoms with Crippen LogP contribution in [0.2, 0.25) is 5.02 Å². The Bertz CT molecular complexity index is 499. The van der Waals surface area contributed by atoms with Crippen LogP contribution in [0, 0.1) is 0 Å². The molecule has 1 aliphatic heterocycles. The van der Waals surface area contributed by atoms with E-state index >= 15 is 0 Å². The molecular formula is C14H16ClNO3. The van der Waals surface area contributed by atoms with Crippen molar-refractivity contribution in [2.24, 2.45) is 0 Å². The van der Waals surface area contributed by atoms with Crippen molar-refractivity contribution < 1.29 is 14.3 Å². The van der Waals surface area contributed by atoms with Gasteiger partial charge in [-0.1, -0.05) is 11.6 Å². The molecule has 0 fully saturated rings. The third-order valence-corrected chi connectivity index (χ3v) is 3.02. The molecule has 0 aliphatic carbocycles. The highest BCUT2D eigenvalue weighted by atomic mass is 35.5. The fourth-order valence-corrected chi connectivity index (χ4v) is 1.99. The van der Waals surface area contributed by atoms with E-state index in [1.165, 1.54) is 0 Å². The molecule has 0 saturated carbocycles. The number of methoxy groups -OCH3 is 1. The van der Waals surface area contributed by atoms with E-state index in [1.807, 2.05) is 6.08 Å². The Morgan fingerprint density at radius 3 is 3.16 bits per heavy atom. The normalized spacial score (nSPS) is 13.3. The zero-order chi connectivity index (χ0) is 13.7. The van der Waals surface area contributed by atoms with Gasteiger partial charge in [0, 0.05) is 30.8 Å². The molecule has 1 aromatic carbocycles. The van der Waals surface area contributed by atoms with Gasteiger partial charge in [-0.05, 0) is 30.7 Å². The van der Waals surface area contributed by atoms with Gasteiger partial charge in [0.15, 0.2) is 0 Å². The number of carbonyl (C=O) groups excluding carboxylic acids is 1. The number of ether oxygens (including phenoxy) is 2. The van der Waals surface area contributed by atoms with Gasteiger partial charge in [0.25, 0.3) is 5.91 Å². The number of hydrogen-bond acceptors (Lipinski definition) is 3. The minimum absolute atomic E-state index is 0.110. The van der Waals surface area contributed by atoms with E-state index in [0.29, 0.717) is 23.7 Å². The number of benzene rings is 1. The molecule has 1 aromatic rings. The second-order valence-corrected chi connectivity index (χ2v) is 4.68. The molecule has 5 heteroatoms. The summed E-state index contributed by atoms with van der Waals surface area (Å²) in [6.45, 7) is 1.51. The fourth-order valence-electron chi connectivity index (χ4n) is 1.81. The van der Waals surface area contributed by atoms with Crippen LogP contribution in [0.5, 0.6) is 5.75 Å². The lowest BCUT2D eigenvalue weighted by Crippen LogP contribution is -2.29. The van der Waals surface area contributed by atoms with Crippen molar-refractivity contribution >= 4 is 23.6 Å². The van der Waals surface area contributed by atoms with Crippen LogP contribution < -0.4 is 10.1 Å². The molecule has 102 valence electrons. The van der Waals surface area contributed by atoms with Gasteiger partial charge >= 0.3 is 0 Å². The zero-order valence-corrected chi connectivity index (χ0v) is 11.5. The van der Waals surface area contributed by atoms with Crippen molar-refractivity contribution in [3.63, 3.8) is 0 Å². The van der Waals surface area contributed by atoms with E-state index in [-0.39, 0.29) is 12.5 Å². The van der Waals surface area contributed by atoms with Crippen molar-refractivity contribution in [3.8, 4) is 5.75 Å². The van der Waals surface area contributed by atoms with Gasteiger partial charge in [-0.2, -0.15) is 0 Å². The Balaban J connectivity index is 2.00. The molecule has 0 atom stereocenters. The number of nitrogens with one attached hydrogen (secondary N) is 1. The summed E-state index contributed by atoms with van der Waals surface area (Å²) in [5, 5.41) is 3.46. The van der Waals surface area contributed by atoms with Crippen molar-refractivity contribution in [2.45, 2.75) is 6.42 Å². The first-order chi connectivity index (χ1) is 9.20. The first kappa shape index (κ1) is 13.9. The smallest absolute Gasteiger partial charge is 0.250 e. The van der Waals surface area contributed by atoms with Crippen LogP contribution in [0.1, 0.15) is 12.0 Å². The summed E-state index contributed by atoms with van der Waals surface area (Å²) in [5.41, 5.74) is 1.44. The molecule has 1 amide bonds. The summed E-state index contributed by atoms with van der Waals surface area (Å²) in [4.78, 5) is 11.9. The molecule has 0 aromatic heterocycles. The topological polar surface area (TPSA) is 47.6 Å². The predicted octanol–water partition coefficient (Wildman–Crippen LogP) is 2.27. The van der Waals surface area contributed by atoms with Crippen LogP contribution in [0.15, 0.2) is 23.8 Å². The summed E-state index contributed by atoms with van der Waals surface area (Å²) in [5.74, 6) is 0.641. The molecule has 0 unspecified atom stereocenters. The summed E-state index contributed by atoms with van der Waals surface area (Å²) in [6, 6.07) is 5.36. The number of amides is 1. The molecule has 2 rings (SSSR count). The molecule has 0 radical (unpaired) electrons. The highest BCUT2D eigenvalue weighted by Gasteiger charge is 2.16. The van der Waals surface area contributed by atoms with E-state index in [4.69, 9.17) is 21.1 Å². The molecule has 1 heterocycles. The number of halogens is 1. The third-order valence-electron chi connectivity index (χ3n) is 2.79. The van der Waals surface area contributed by atoms with Gasteiger partial charge in [0.05, 0.1) is 5.57 Å². The van der Waals surface area contributed by atoms with Gasteiger partial charge < -0.3 is 14.8 Å². The van der Waals surface area contributed by atoms with E-state index in [2.05, 4.69) is 5.32 Å². The zero-order valence-electron chi connectivity index (χ0n) is 10.7. The lowest BCUT2D eigenvalue weighted by atomic mass is 10.1. The Hall–Kier alpha value is -1.52. The van der Waals surface area contributed by atoms with E-state index in [0.717, 1.165) is 17.7 Å². The maximum absolute atomic E-state index is 11.9. The molecule has 19 heavy (non-hydrogen) atoms. The summed E-state index contributed by atoms with van der Waals surface area (Å²) >= 11 is 5.92. The minimum Gasteiger partial charge on any atom is -0.488 e. The second kappa shape index (κ2) is 6.59. The third kappa shape index (κ3) is 3.72. The molecule has 0 spiro atoms. The van der Waals surface area contributed by atoms with Gasteiger partial charge in [0.2, 0.25) is 0 Å². The SMILES string of the molecule is COCCCNC(=O)C1=Cc2cc(Cl)ccc2OC1. The van der Waals surface area contributed by atoms with Crippen LogP contribution in [0.25, 0.3) is 6.08 Å². The predicted molar refractivity (Wildman–Crippen MR) is 74.4 cm³/mol. The van der Waals surface area contributed by atoms with Crippen LogP contribution >= 0.6 is 11.6 Å². The van der Waals surface area contributed by atoms with Crippen molar-refractivity contribution in [3.05, 3.63) is 34.4 Å². The molecule has 0 bridgehead atoms. The Labute approximate surface area is 117 Å². The number of fused-ring (bicyclic) bond motifs is 1. The standard InChI is InChI=1S/C14H16ClNO3/c1-18-6-2-5-16-14(17)11-7-10-8-12(15)3-4-13(10)19-9-11/h3-4,7-8H,2,5-6,9H2,1H3,(H,16,17). The minimum atomic E-state index is -0.110. The number of hydrogen-bond donors (Lipinski definition) is 1. The van der Waals surface area contributed by atoms with Crippen LogP contribution in [0.3, 0.4) is 0 Å². The molecule has 4 nitrogen and oxygen atoms in total. The highest BCUT2D eigenvalue weighted by Crippen LogP contribution is 2.28. The van der Waals surface area contributed by atoms with Gasteiger partial charge in [0.1, 0.15) is 12.4 Å². The van der Waals surface area contributed by atoms with Gasteiger partial charge in [-0.15, -0.1) is 0 Å². The van der Waals surface area contributed by atoms with E-state index < -0.39 is 0 Å². The Morgan fingerprint density at radius 2 is 2.37 bits per heavy atom. The monoisotopic (exact) mass is 281 g/mol. The van der Waals surface area contributed by atoms with Crippen LogP contribution in [-0.2, 0) is 9.53 Å². The fraction of sp³-hybridized carbons (Fsp3) is 0.357. The Kier molecular flexibility index (Phi) is 4.82. The lowest BCUT2D eigenvalue weighted by Gasteiger charge is -2.17. The van der Waals surface area contributed by atoms with E-state index in [9.17, 15) is 4.79 Å². The summed E-state index contributed by atoms with van der Waals surface area (Å²) in [7, 11) is 1.64. The summed E-state index contributed by atoms with van der Waals surface area (Å²) < 4.78 is 10.5. The average molecular weight is 282 g/mol. The number of carbonyl (C=O) groups is 1. The van der Waals surface area contributed by atoms with Gasteiger partial charge in [-0.3, -0.25) is 4.79 Å². The maximum atomic E-state index is 11.9. The maximum Gasteiger partial charge on any atom is 0.250 e. The summed E-state index contributed by atoms with van der Waals surface area (Å²) in [6.07, 6.45) is 2.61. The average Bonchev–Trinajstić information content (AvgIpc) is 2.42. The molecule has 1 N–H and O–H groups in total. The van der Waals surface area contributed by atoms with E-state index in [1.54, 1.807) is 25.3 Å². The van der Waals surface area contributed by atoms with Crippen LogP contribution in [0.4, 0.5) is 0 Å². The van der Waals surface area contributed by atoms with Crippen molar-refractivity contribution in [1.29, 1.82) is 0 Å². The largest absolute Gasteiger partial charge is 0.488 e. The van der Waals surface area contributed by atoms with Crippen molar-refractivity contribution in [1.82, 2.24) is 5.32 Å². The van der Waals surface area contributed by atoms with Crippen LogP contribution in [-0.4, -0.2) is 32.8 Å². The molecule has 0 saturated heterocycles. The first-order valence-electron chi connectivity index (χ1n) is 6.11. The number of rotatable bonds is 5. The van der Waals surface area contributed by atoms with Crippen molar-refractivity contribution in [2.75, 3.05) is 26.9 Å². The molecule has 1 aliphatic rings. The second-order valence-electron chi connectivity index (χ2n) is 4.24. The quantitative estimate of drug-likeness (QED) is 0.842. The van der Waals surface area contributed by atoms with Gasteiger partial charge in [-0.25, -0.2) is 0 Å². The Morgan fingerprint density at radius 1 is 1.53 bits per heavy atom.